The molecule has 5 nitrogen and oxygen atoms in total. The third-order valence-electron chi connectivity index (χ3n) is 3.43. The minimum Gasteiger partial charge on any atom is -0.497 e. The quantitative estimate of drug-likeness (QED) is 0.788. The van der Waals surface area contributed by atoms with Gasteiger partial charge in [-0.25, -0.2) is 0 Å². The first-order valence-corrected chi connectivity index (χ1v) is 7.39. The van der Waals surface area contributed by atoms with Gasteiger partial charge in [-0.05, 0) is 29.3 Å². The zero-order valence-electron chi connectivity index (χ0n) is 13.1. The van der Waals surface area contributed by atoms with Crippen molar-refractivity contribution in [1.82, 2.24) is 9.88 Å². The van der Waals surface area contributed by atoms with E-state index in [1.54, 1.807) is 24.4 Å². The Morgan fingerprint density at radius 2 is 2.13 bits per heavy atom. The Balaban J connectivity index is 2.08. The molecule has 0 radical (unpaired) electrons. The number of carbonyl (C=O) groups excluding carboxylic acids is 1. The van der Waals surface area contributed by atoms with E-state index < -0.39 is 0 Å². The Morgan fingerprint density at radius 3 is 2.83 bits per heavy atom. The average molecular weight is 309 g/mol. The van der Waals surface area contributed by atoms with Gasteiger partial charge in [0.15, 0.2) is 0 Å². The molecule has 0 unspecified atom stereocenters. The van der Waals surface area contributed by atoms with E-state index in [1.807, 2.05) is 36.4 Å². The summed E-state index contributed by atoms with van der Waals surface area (Å²) >= 11 is 0. The molecule has 0 aliphatic carbocycles. The molecule has 0 saturated heterocycles. The van der Waals surface area contributed by atoms with Crippen LogP contribution in [0.15, 0.2) is 48.8 Å². The molecule has 118 valence electrons. The summed E-state index contributed by atoms with van der Waals surface area (Å²) < 4.78 is 5.18. The van der Waals surface area contributed by atoms with Crippen molar-refractivity contribution in [1.29, 1.82) is 5.26 Å². The van der Waals surface area contributed by atoms with Gasteiger partial charge < -0.3 is 9.64 Å². The van der Waals surface area contributed by atoms with Crippen molar-refractivity contribution >= 4 is 5.91 Å². The number of hydrogen-bond acceptors (Lipinski definition) is 4. The molecule has 0 fully saturated rings. The molecule has 0 saturated carbocycles. The van der Waals surface area contributed by atoms with E-state index in [9.17, 15) is 4.79 Å². The second-order valence-corrected chi connectivity index (χ2v) is 5.11. The molecule has 2 rings (SSSR count). The number of amides is 1. The van der Waals surface area contributed by atoms with Crippen molar-refractivity contribution in [2.45, 2.75) is 19.4 Å². The van der Waals surface area contributed by atoms with Crippen LogP contribution in [-0.4, -0.2) is 29.4 Å². The zero-order chi connectivity index (χ0) is 16.5. The third kappa shape index (κ3) is 5.11. The smallest absolute Gasteiger partial charge is 0.227 e. The average Bonchev–Trinajstić information content (AvgIpc) is 2.59. The highest BCUT2D eigenvalue weighted by Crippen LogP contribution is 2.14. The van der Waals surface area contributed by atoms with Crippen LogP contribution in [0.3, 0.4) is 0 Å². The number of methoxy groups -OCH3 is 1. The molecule has 1 aromatic carbocycles. The maximum atomic E-state index is 12.6. The van der Waals surface area contributed by atoms with Crippen LogP contribution < -0.4 is 4.74 Å². The molecule has 0 bridgehead atoms. The SMILES string of the molecule is COc1cccc(CC(=O)N(CCC#N)Cc2cccnc2)c1. The summed E-state index contributed by atoms with van der Waals surface area (Å²) in [6.45, 7) is 0.868. The van der Waals surface area contributed by atoms with Crippen molar-refractivity contribution < 1.29 is 9.53 Å². The van der Waals surface area contributed by atoms with Crippen molar-refractivity contribution in [3.05, 3.63) is 59.9 Å². The molecular formula is C18H19N3O2. The standard InChI is InChI=1S/C18H19N3O2/c1-23-17-7-2-5-15(11-17)12-18(22)21(10-4-8-19)14-16-6-3-9-20-13-16/h2-3,5-7,9,11,13H,4,10,12,14H2,1H3. The largest absolute Gasteiger partial charge is 0.497 e. The van der Waals surface area contributed by atoms with Crippen molar-refractivity contribution in [2.75, 3.05) is 13.7 Å². The fourth-order valence-electron chi connectivity index (χ4n) is 2.26. The fraction of sp³-hybridized carbons (Fsp3) is 0.278. The molecule has 5 heteroatoms. The summed E-state index contributed by atoms with van der Waals surface area (Å²) in [6, 6.07) is 13.3. The Bertz CT molecular complexity index is 680. The number of benzene rings is 1. The Kier molecular flexibility index (Phi) is 6.13. The summed E-state index contributed by atoms with van der Waals surface area (Å²) in [5, 5.41) is 8.80. The minimum absolute atomic E-state index is 0.0163. The predicted octanol–water partition coefficient (Wildman–Crippen LogP) is 2.58. The Morgan fingerprint density at radius 1 is 1.30 bits per heavy atom. The van der Waals surface area contributed by atoms with Gasteiger partial charge in [0.2, 0.25) is 5.91 Å². The normalized spacial score (nSPS) is 9.91. The molecule has 2 aromatic rings. The van der Waals surface area contributed by atoms with Gasteiger partial charge in [0, 0.05) is 25.5 Å². The molecule has 1 heterocycles. The van der Waals surface area contributed by atoms with E-state index in [-0.39, 0.29) is 12.3 Å². The molecule has 0 atom stereocenters. The summed E-state index contributed by atoms with van der Waals surface area (Å²) in [6.07, 6.45) is 4.02. The van der Waals surface area contributed by atoms with Crippen LogP contribution in [0.25, 0.3) is 0 Å². The number of aromatic nitrogens is 1. The summed E-state index contributed by atoms with van der Waals surface area (Å²) in [5.74, 6) is 0.712. The van der Waals surface area contributed by atoms with Crippen LogP contribution in [0.1, 0.15) is 17.5 Å². The van der Waals surface area contributed by atoms with Gasteiger partial charge in [-0.15, -0.1) is 0 Å². The van der Waals surface area contributed by atoms with Crippen LogP contribution in [0.2, 0.25) is 0 Å². The Hall–Kier alpha value is -2.87. The number of nitriles is 1. The second kappa shape index (κ2) is 8.54. The molecular weight excluding hydrogens is 290 g/mol. The van der Waals surface area contributed by atoms with Gasteiger partial charge in [0.1, 0.15) is 5.75 Å². The number of ether oxygens (including phenoxy) is 1. The third-order valence-corrected chi connectivity index (χ3v) is 3.43. The molecule has 1 amide bonds. The minimum atomic E-state index is -0.0163. The highest BCUT2D eigenvalue weighted by Gasteiger charge is 2.15. The van der Waals surface area contributed by atoms with E-state index in [4.69, 9.17) is 10.00 Å². The molecule has 0 N–H and O–H groups in total. The summed E-state index contributed by atoms with van der Waals surface area (Å²) in [7, 11) is 1.60. The van der Waals surface area contributed by atoms with Crippen LogP contribution in [0, 0.1) is 11.3 Å². The summed E-state index contributed by atoms with van der Waals surface area (Å²) in [4.78, 5) is 18.3. The molecule has 0 aliphatic heterocycles. The number of nitrogens with zero attached hydrogens (tertiary/aromatic N) is 3. The maximum absolute atomic E-state index is 12.6. The first-order chi connectivity index (χ1) is 11.2. The van der Waals surface area contributed by atoms with E-state index in [1.165, 1.54) is 0 Å². The summed E-state index contributed by atoms with van der Waals surface area (Å²) in [5.41, 5.74) is 1.84. The topological polar surface area (TPSA) is 66.2 Å². The monoisotopic (exact) mass is 309 g/mol. The highest BCUT2D eigenvalue weighted by atomic mass is 16.5. The number of carbonyl (C=O) groups is 1. The van der Waals surface area contributed by atoms with Gasteiger partial charge in [-0.2, -0.15) is 5.26 Å². The zero-order valence-corrected chi connectivity index (χ0v) is 13.1. The first-order valence-electron chi connectivity index (χ1n) is 7.39. The van der Waals surface area contributed by atoms with Gasteiger partial charge in [0.25, 0.3) is 0 Å². The molecule has 23 heavy (non-hydrogen) atoms. The van der Waals surface area contributed by atoms with Gasteiger partial charge in [-0.3, -0.25) is 9.78 Å². The lowest BCUT2D eigenvalue weighted by Crippen LogP contribution is -2.32. The highest BCUT2D eigenvalue weighted by molar-refractivity contribution is 5.79. The maximum Gasteiger partial charge on any atom is 0.227 e. The second-order valence-electron chi connectivity index (χ2n) is 5.11. The van der Waals surface area contributed by atoms with Crippen LogP contribution in [0.4, 0.5) is 0 Å². The molecule has 0 aliphatic rings. The van der Waals surface area contributed by atoms with Crippen molar-refractivity contribution in [3.8, 4) is 11.8 Å². The fourth-order valence-corrected chi connectivity index (χ4v) is 2.26. The van der Waals surface area contributed by atoms with Gasteiger partial charge >= 0.3 is 0 Å². The van der Waals surface area contributed by atoms with Gasteiger partial charge in [-0.1, -0.05) is 18.2 Å². The van der Waals surface area contributed by atoms with Gasteiger partial charge in [0.05, 0.1) is 26.0 Å². The first kappa shape index (κ1) is 16.5. The lowest BCUT2D eigenvalue weighted by Gasteiger charge is -2.22. The lowest BCUT2D eigenvalue weighted by molar-refractivity contribution is -0.131. The van der Waals surface area contributed by atoms with Crippen LogP contribution in [0.5, 0.6) is 5.75 Å². The number of hydrogen-bond donors (Lipinski definition) is 0. The van der Waals surface area contributed by atoms with E-state index in [2.05, 4.69) is 11.1 Å². The van der Waals surface area contributed by atoms with E-state index in [0.29, 0.717) is 19.5 Å². The number of pyridine rings is 1. The number of rotatable bonds is 7. The van der Waals surface area contributed by atoms with Crippen molar-refractivity contribution in [2.24, 2.45) is 0 Å². The van der Waals surface area contributed by atoms with Crippen molar-refractivity contribution in [3.63, 3.8) is 0 Å². The van der Waals surface area contributed by atoms with Crippen LogP contribution >= 0.6 is 0 Å². The molecule has 0 spiro atoms. The van der Waals surface area contributed by atoms with E-state index in [0.717, 1.165) is 16.9 Å². The Labute approximate surface area is 136 Å². The molecule has 1 aromatic heterocycles. The van der Waals surface area contributed by atoms with Crippen LogP contribution in [-0.2, 0) is 17.8 Å². The predicted molar refractivity (Wildman–Crippen MR) is 86.6 cm³/mol. The van der Waals surface area contributed by atoms with E-state index >= 15 is 0 Å². The lowest BCUT2D eigenvalue weighted by atomic mass is 10.1.